The van der Waals surface area contributed by atoms with Crippen LogP contribution in [0.3, 0.4) is 0 Å². The highest BCUT2D eigenvalue weighted by molar-refractivity contribution is 5.37. The van der Waals surface area contributed by atoms with Crippen molar-refractivity contribution in [1.29, 1.82) is 0 Å². The maximum absolute atomic E-state index is 12.2. The summed E-state index contributed by atoms with van der Waals surface area (Å²) in [6, 6.07) is 0.504. The van der Waals surface area contributed by atoms with Gasteiger partial charge in [-0.2, -0.15) is 0 Å². The predicted molar refractivity (Wildman–Crippen MR) is 66.3 cm³/mol. The molecule has 0 radical (unpaired) electrons. The second-order valence-corrected chi connectivity index (χ2v) is 4.71. The monoisotopic (exact) mass is 237 g/mol. The van der Waals surface area contributed by atoms with Crippen molar-refractivity contribution in [3.8, 4) is 0 Å². The molecule has 0 atom stereocenters. The molecule has 1 aliphatic carbocycles. The number of aliphatic hydroxyl groups is 1. The van der Waals surface area contributed by atoms with Crippen molar-refractivity contribution in [2.75, 3.05) is 18.1 Å². The van der Waals surface area contributed by atoms with Crippen LogP contribution < -0.4 is 10.5 Å². The molecule has 5 nitrogen and oxygen atoms in total. The van der Waals surface area contributed by atoms with Crippen LogP contribution >= 0.6 is 0 Å². The van der Waals surface area contributed by atoms with E-state index in [-0.39, 0.29) is 18.2 Å². The number of aliphatic hydroxyl groups excluding tert-OH is 1. The molecule has 1 aliphatic rings. The van der Waals surface area contributed by atoms with Crippen LogP contribution in [0.15, 0.2) is 17.2 Å². The van der Waals surface area contributed by atoms with Crippen molar-refractivity contribution < 1.29 is 5.11 Å². The first kappa shape index (κ1) is 12.1. The maximum atomic E-state index is 12.2. The van der Waals surface area contributed by atoms with Crippen LogP contribution in [-0.4, -0.2) is 33.9 Å². The summed E-state index contributed by atoms with van der Waals surface area (Å²) >= 11 is 0. The molecule has 0 bridgehead atoms. The summed E-state index contributed by atoms with van der Waals surface area (Å²) in [6.07, 6.45) is 5.57. The van der Waals surface area contributed by atoms with Gasteiger partial charge in [0, 0.05) is 31.0 Å². The van der Waals surface area contributed by atoms with E-state index in [4.69, 9.17) is 5.11 Å². The third-order valence-electron chi connectivity index (χ3n) is 3.03. The van der Waals surface area contributed by atoms with Crippen LogP contribution in [0.5, 0.6) is 0 Å². The standard InChI is InChI=1S/C12H19N3O2/c1-9(2)14(7-8-16)11-12(17)15(6-5-13-11)10-3-4-10/h5-6,9-10,16H,3-4,7-8H2,1-2H3. The second-order valence-electron chi connectivity index (χ2n) is 4.71. The van der Waals surface area contributed by atoms with Crippen LogP contribution in [0.2, 0.25) is 0 Å². The van der Waals surface area contributed by atoms with E-state index in [1.807, 2.05) is 18.7 Å². The lowest BCUT2D eigenvalue weighted by Gasteiger charge is -2.26. The number of rotatable bonds is 5. The Balaban J connectivity index is 2.35. The number of aromatic nitrogens is 2. The van der Waals surface area contributed by atoms with Crippen LogP contribution in [0.1, 0.15) is 32.7 Å². The number of anilines is 1. The topological polar surface area (TPSA) is 58.4 Å². The van der Waals surface area contributed by atoms with Gasteiger partial charge in [-0.25, -0.2) is 4.98 Å². The molecule has 1 heterocycles. The van der Waals surface area contributed by atoms with E-state index in [2.05, 4.69) is 4.98 Å². The first-order valence-corrected chi connectivity index (χ1v) is 6.09. The fraction of sp³-hybridized carbons (Fsp3) is 0.667. The van der Waals surface area contributed by atoms with Gasteiger partial charge in [0.2, 0.25) is 0 Å². The molecule has 5 heteroatoms. The van der Waals surface area contributed by atoms with Crippen LogP contribution in [0.4, 0.5) is 5.82 Å². The first-order chi connectivity index (χ1) is 8.15. The highest BCUT2D eigenvalue weighted by atomic mass is 16.3. The van der Waals surface area contributed by atoms with E-state index in [9.17, 15) is 4.79 Å². The molecule has 0 unspecified atom stereocenters. The van der Waals surface area contributed by atoms with E-state index in [1.165, 1.54) is 0 Å². The van der Waals surface area contributed by atoms with Crippen molar-refractivity contribution in [2.45, 2.75) is 38.8 Å². The van der Waals surface area contributed by atoms with Crippen molar-refractivity contribution in [2.24, 2.45) is 0 Å². The molecule has 1 aromatic rings. The predicted octanol–water partition coefficient (Wildman–Crippen LogP) is 0.785. The van der Waals surface area contributed by atoms with E-state index < -0.39 is 0 Å². The van der Waals surface area contributed by atoms with Gasteiger partial charge in [-0.15, -0.1) is 0 Å². The third-order valence-corrected chi connectivity index (χ3v) is 3.03. The van der Waals surface area contributed by atoms with Gasteiger partial charge in [-0.3, -0.25) is 4.79 Å². The molecular formula is C12H19N3O2. The summed E-state index contributed by atoms with van der Waals surface area (Å²) in [5, 5.41) is 9.05. The molecule has 0 amide bonds. The smallest absolute Gasteiger partial charge is 0.293 e. The van der Waals surface area contributed by atoms with E-state index in [0.717, 1.165) is 12.8 Å². The van der Waals surface area contributed by atoms with Gasteiger partial charge in [0.05, 0.1) is 6.61 Å². The summed E-state index contributed by atoms with van der Waals surface area (Å²) in [5.74, 6) is 0.448. The number of nitrogens with zero attached hydrogens (tertiary/aromatic N) is 3. The van der Waals surface area contributed by atoms with Crippen molar-refractivity contribution >= 4 is 5.82 Å². The molecular weight excluding hydrogens is 218 g/mol. The molecule has 0 saturated heterocycles. The normalized spacial score (nSPS) is 15.3. The molecule has 0 aromatic carbocycles. The fourth-order valence-corrected chi connectivity index (χ4v) is 1.97. The van der Waals surface area contributed by atoms with Crippen molar-refractivity contribution in [1.82, 2.24) is 9.55 Å². The Hall–Kier alpha value is -1.36. The molecule has 2 rings (SSSR count). The van der Waals surface area contributed by atoms with Crippen molar-refractivity contribution in [3.63, 3.8) is 0 Å². The lowest BCUT2D eigenvalue weighted by molar-refractivity contribution is 0.298. The summed E-state index contributed by atoms with van der Waals surface area (Å²) in [4.78, 5) is 18.3. The van der Waals surface area contributed by atoms with Gasteiger partial charge in [-0.1, -0.05) is 0 Å². The quantitative estimate of drug-likeness (QED) is 0.822. The van der Waals surface area contributed by atoms with Crippen LogP contribution in [0, 0.1) is 0 Å². The lowest BCUT2D eigenvalue weighted by Crippen LogP contribution is -2.39. The number of hydrogen-bond donors (Lipinski definition) is 1. The Labute approximate surface area is 101 Å². The highest BCUT2D eigenvalue weighted by Crippen LogP contribution is 2.33. The van der Waals surface area contributed by atoms with Crippen LogP contribution in [0.25, 0.3) is 0 Å². The Morgan fingerprint density at radius 2 is 2.29 bits per heavy atom. The average molecular weight is 237 g/mol. The summed E-state index contributed by atoms with van der Waals surface area (Å²) < 4.78 is 1.76. The van der Waals surface area contributed by atoms with Gasteiger partial charge in [0.15, 0.2) is 5.82 Å². The van der Waals surface area contributed by atoms with Gasteiger partial charge < -0.3 is 14.6 Å². The Morgan fingerprint density at radius 3 is 2.82 bits per heavy atom. The molecule has 94 valence electrons. The summed E-state index contributed by atoms with van der Waals surface area (Å²) in [6.45, 7) is 4.45. The highest BCUT2D eigenvalue weighted by Gasteiger charge is 2.26. The Bertz CT molecular complexity index is 438. The Kier molecular flexibility index (Phi) is 3.47. The minimum Gasteiger partial charge on any atom is -0.395 e. The fourth-order valence-electron chi connectivity index (χ4n) is 1.97. The molecule has 0 spiro atoms. The summed E-state index contributed by atoms with van der Waals surface area (Å²) in [7, 11) is 0. The van der Waals surface area contributed by atoms with Gasteiger partial charge >= 0.3 is 0 Å². The average Bonchev–Trinajstić information content (AvgIpc) is 3.10. The van der Waals surface area contributed by atoms with Gasteiger partial charge in [0.25, 0.3) is 5.56 Å². The minimum absolute atomic E-state index is 0.0254. The lowest BCUT2D eigenvalue weighted by atomic mass is 10.3. The largest absolute Gasteiger partial charge is 0.395 e. The molecule has 1 saturated carbocycles. The maximum Gasteiger partial charge on any atom is 0.293 e. The van der Waals surface area contributed by atoms with Crippen molar-refractivity contribution in [3.05, 3.63) is 22.7 Å². The van der Waals surface area contributed by atoms with Gasteiger partial charge in [-0.05, 0) is 26.7 Å². The first-order valence-electron chi connectivity index (χ1n) is 6.09. The summed E-state index contributed by atoms with van der Waals surface area (Å²) in [5.41, 5.74) is -0.0443. The molecule has 1 aromatic heterocycles. The zero-order valence-corrected chi connectivity index (χ0v) is 10.3. The number of hydrogen-bond acceptors (Lipinski definition) is 4. The van der Waals surface area contributed by atoms with E-state index in [1.54, 1.807) is 17.0 Å². The minimum atomic E-state index is -0.0443. The molecule has 1 N–H and O–H groups in total. The third kappa shape index (κ3) is 2.49. The van der Waals surface area contributed by atoms with E-state index >= 15 is 0 Å². The molecule has 17 heavy (non-hydrogen) atoms. The van der Waals surface area contributed by atoms with Gasteiger partial charge in [0.1, 0.15) is 0 Å². The Morgan fingerprint density at radius 1 is 1.59 bits per heavy atom. The molecule has 0 aliphatic heterocycles. The van der Waals surface area contributed by atoms with Crippen LogP contribution in [-0.2, 0) is 0 Å². The zero-order valence-electron chi connectivity index (χ0n) is 10.3. The second kappa shape index (κ2) is 4.87. The zero-order chi connectivity index (χ0) is 12.4. The van der Waals surface area contributed by atoms with E-state index in [0.29, 0.717) is 18.4 Å². The SMILES string of the molecule is CC(C)N(CCO)c1nccn(C2CC2)c1=O. The molecule has 1 fully saturated rings.